The van der Waals surface area contributed by atoms with Crippen molar-refractivity contribution in [3.63, 3.8) is 0 Å². The number of halogens is 1. The monoisotopic (exact) mass is 402 g/mol. The van der Waals surface area contributed by atoms with Gasteiger partial charge >= 0.3 is 0 Å². The van der Waals surface area contributed by atoms with Gasteiger partial charge in [0.1, 0.15) is 5.82 Å². The topological polar surface area (TPSA) is 62.5 Å². The highest BCUT2D eigenvalue weighted by atomic mass is 32.1. The Morgan fingerprint density at radius 2 is 1.96 bits per heavy atom. The molecule has 0 bridgehead atoms. The van der Waals surface area contributed by atoms with Crippen LogP contribution in [0.15, 0.2) is 46.3 Å². The van der Waals surface area contributed by atoms with Crippen LogP contribution >= 0.6 is 11.3 Å². The van der Waals surface area contributed by atoms with Crippen LogP contribution in [0.2, 0.25) is 0 Å². The zero-order valence-electron chi connectivity index (χ0n) is 16.0. The summed E-state index contributed by atoms with van der Waals surface area (Å²) < 4.78 is 18.4. The normalized spacial score (nSPS) is 11.1. The summed E-state index contributed by atoms with van der Waals surface area (Å²) in [4.78, 5) is 21.9. The van der Waals surface area contributed by atoms with E-state index in [4.69, 9.17) is 4.52 Å². The van der Waals surface area contributed by atoms with Crippen molar-refractivity contribution >= 4 is 17.2 Å². The molecule has 1 amide bonds. The Labute approximate surface area is 167 Å². The fraction of sp³-hybridized carbons (Fsp3) is 0.350. The van der Waals surface area contributed by atoms with Crippen molar-refractivity contribution in [3.8, 4) is 10.7 Å². The molecule has 3 aromatic rings. The minimum Gasteiger partial charge on any atom is -0.339 e. The van der Waals surface area contributed by atoms with E-state index < -0.39 is 0 Å². The molecule has 6 nitrogen and oxygen atoms in total. The van der Waals surface area contributed by atoms with Crippen molar-refractivity contribution in [3.05, 3.63) is 59.0 Å². The summed E-state index contributed by atoms with van der Waals surface area (Å²) in [5, 5.41) is 5.93. The standard InChI is InChI=1S/C20H23FN4O2S/c1-24(2)11-12-25(14-15-5-7-16(21)8-6-15)19(26)10-9-18-22-20(23-27-18)17-4-3-13-28-17/h3-8,13H,9-12,14H2,1-2H3. The maximum absolute atomic E-state index is 13.1. The predicted octanol–water partition coefficient (Wildman–Crippen LogP) is 3.46. The molecule has 1 aromatic carbocycles. The third-order valence-corrected chi connectivity index (χ3v) is 5.08. The number of carbonyl (C=O) groups is 1. The number of amides is 1. The fourth-order valence-electron chi connectivity index (χ4n) is 2.66. The lowest BCUT2D eigenvalue weighted by Crippen LogP contribution is -2.36. The molecule has 0 spiro atoms. The second-order valence-electron chi connectivity index (χ2n) is 6.73. The second kappa shape index (κ2) is 9.57. The van der Waals surface area contributed by atoms with E-state index in [0.29, 0.717) is 31.2 Å². The number of thiophene rings is 1. The predicted molar refractivity (Wildman–Crippen MR) is 106 cm³/mol. The van der Waals surface area contributed by atoms with E-state index in [9.17, 15) is 9.18 Å². The van der Waals surface area contributed by atoms with Crippen molar-refractivity contribution in [2.75, 3.05) is 27.2 Å². The van der Waals surface area contributed by atoms with E-state index in [2.05, 4.69) is 10.1 Å². The Hall–Kier alpha value is -2.58. The number of hydrogen-bond acceptors (Lipinski definition) is 6. The molecule has 0 radical (unpaired) electrons. The van der Waals surface area contributed by atoms with Gasteiger partial charge in [-0.05, 0) is 43.2 Å². The molecular weight excluding hydrogens is 379 g/mol. The first-order valence-electron chi connectivity index (χ1n) is 9.04. The number of nitrogens with zero attached hydrogens (tertiary/aromatic N) is 4. The zero-order valence-corrected chi connectivity index (χ0v) is 16.8. The van der Waals surface area contributed by atoms with Crippen molar-refractivity contribution in [2.24, 2.45) is 0 Å². The third kappa shape index (κ3) is 5.71. The lowest BCUT2D eigenvalue weighted by Gasteiger charge is -2.24. The SMILES string of the molecule is CN(C)CCN(Cc1ccc(F)cc1)C(=O)CCc1nc(-c2cccs2)no1. The average molecular weight is 402 g/mol. The van der Waals surface area contributed by atoms with Gasteiger partial charge < -0.3 is 14.3 Å². The smallest absolute Gasteiger partial charge is 0.227 e. The van der Waals surface area contributed by atoms with E-state index >= 15 is 0 Å². The van der Waals surface area contributed by atoms with Crippen LogP contribution < -0.4 is 0 Å². The number of aryl methyl sites for hydroxylation is 1. The summed E-state index contributed by atoms with van der Waals surface area (Å²) >= 11 is 1.54. The van der Waals surface area contributed by atoms with Gasteiger partial charge in [0.15, 0.2) is 0 Å². The average Bonchev–Trinajstić information content (AvgIpc) is 3.36. The van der Waals surface area contributed by atoms with Crippen LogP contribution in [0.1, 0.15) is 17.9 Å². The Morgan fingerprint density at radius 3 is 2.64 bits per heavy atom. The largest absolute Gasteiger partial charge is 0.339 e. The number of rotatable bonds is 9. The zero-order chi connectivity index (χ0) is 19.9. The van der Waals surface area contributed by atoms with Crippen LogP contribution in [0.25, 0.3) is 10.7 Å². The first-order chi connectivity index (χ1) is 13.5. The van der Waals surface area contributed by atoms with Crippen LogP contribution in [0.4, 0.5) is 4.39 Å². The Kier molecular flexibility index (Phi) is 6.89. The van der Waals surface area contributed by atoms with Gasteiger partial charge in [-0.25, -0.2) is 4.39 Å². The van der Waals surface area contributed by atoms with Crippen LogP contribution in [-0.4, -0.2) is 53.0 Å². The molecule has 28 heavy (non-hydrogen) atoms. The highest BCUT2D eigenvalue weighted by Crippen LogP contribution is 2.21. The van der Waals surface area contributed by atoms with E-state index in [1.165, 1.54) is 23.5 Å². The first kappa shape index (κ1) is 20.2. The molecule has 0 atom stereocenters. The minimum absolute atomic E-state index is 0.00190. The molecule has 0 aliphatic rings. The van der Waals surface area contributed by atoms with E-state index in [1.54, 1.807) is 17.0 Å². The van der Waals surface area contributed by atoms with E-state index in [1.807, 2.05) is 36.5 Å². The van der Waals surface area contributed by atoms with Gasteiger partial charge in [-0.3, -0.25) is 4.79 Å². The molecule has 0 unspecified atom stereocenters. The maximum Gasteiger partial charge on any atom is 0.227 e. The molecule has 2 heterocycles. The molecule has 8 heteroatoms. The molecule has 0 fully saturated rings. The lowest BCUT2D eigenvalue weighted by molar-refractivity contribution is -0.132. The summed E-state index contributed by atoms with van der Waals surface area (Å²) in [6.07, 6.45) is 0.666. The molecule has 3 rings (SSSR count). The van der Waals surface area contributed by atoms with E-state index in [-0.39, 0.29) is 18.1 Å². The summed E-state index contributed by atoms with van der Waals surface area (Å²) in [5.74, 6) is 0.717. The van der Waals surface area contributed by atoms with Gasteiger partial charge in [-0.1, -0.05) is 23.4 Å². The number of benzene rings is 1. The molecule has 2 aromatic heterocycles. The van der Waals surface area contributed by atoms with Crippen LogP contribution in [0, 0.1) is 5.82 Å². The summed E-state index contributed by atoms with van der Waals surface area (Å²) in [6, 6.07) is 10.1. The molecule has 0 saturated carbocycles. The van der Waals surface area contributed by atoms with Gasteiger partial charge in [-0.2, -0.15) is 4.98 Å². The number of hydrogen-bond donors (Lipinski definition) is 0. The van der Waals surface area contributed by atoms with Gasteiger partial charge in [0.25, 0.3) is 0 Å². The van der Waals surface area contributed by atoms with Gasteiger partial charge in [0.2, 0.25) is 17.6 Å². The minimum atomic E-state index is -0.284. The van der Waals surface area contributed by atoms with Gasteiger partial charge in [-0.15, -0.1) is 11.3 Å². The molecule has 0 N–H and O–H groups in total. The summed E-state index contributed by atoms with van der Waals surface area (Å²) in [6.45, 7) is 1.78. The van der Waals surface area contributed by atoms with Crippen molar-refractivity contribution in [2.45, 2.75) is 19.4 Å². The van der Waals surface area contributed by atoms with Crippen LogP contribution in [0.5, 0.6) is 0 Å². The van der Waals surface area contributed by atoms with Gasteiger partial charge in [0.05, 0.1) is 4.88 Å². The highest BCUT2D eigenvalue weighted by molar-refractivity contribution is 7.13. The molecular formula is C20H23FN4O2S. The van der Waals surface area contributed by atoms with Crippen molar-refractivity contribution in [1.29, 1.82) is 0 Å². The summed E-state index contributed by atoms with van der Waals surface area (Å²) in [5.41, 5.74) is 0.895. The lowest BCUT2D eigenvalue weighted by atomic mass is 10.2. The maximum atomic E-state index is 13.1. The Bertz CT molecular complexity index is 878. The molecule has 0 aliphatic carbocycles. The summed E-state index contributed by atoms with van der Waals surface area (Å²) in [7, 11) is 3.93. The van der Waals surface area contributed by atoms with Crippen molar-refractivity contribution in [1.82, 2.24) is 19.9 Å². The van der Waals surface area contributed by atoms with Crippen molar-refractivity contribution < 1.29 is 13.7 Å². The Balaban J connectivity index is 1.60. The highest BCUT2D eigenvalue weighted by Gasteiger charge is 2.17. The van der Waals surface area contributed by atoms with Gasteiger partial charge in [0, 0.05) is 32.5 Å². The van der Waals surface area contributed by atoms with E-state index in [0.717, 1.165) is 17.0 Å². The molecule has 0 saturated heterocycles. The molecule has 148 valence electrons. The second-order valence-corrected chi connectivity index (χ2v) is 7.68. The van der Waals surface area contributed by atoms with Crippen LogP contribution in [0.3, 0.4) is 0 Å². The molecule has 0 aliphatic heterocycles. The first-order valence-corrected chi connectivity index (χ1v) is 9.92. The number of aromatic nitrogens is 2. The van der Waals surface area contributed by atoms with Crippen LogP contribution in [-0.2, 0) is 17.8 Å². The number of carbonyl (C=O) groups excluding carboxylic acids is 1. The Morgan fingerprint density at radius 1 is 1.18 bits per heavy atom. The quantitative estimate of drug-likeness (QED) is 0.549. The fourth-order valence-corrected chi connectivity index (χ4v) is 3.31. The number of likely N-dealkylation sites (N-methyl/N-ethyl adjacent to an activating group) is 1. The third-order valence-electron chi connectivity index (χ3n) is 4.22.